The van der Waals surface area contributed by atoms with Gasteiger partial charge in [-0.2, -0.15) is 0 Å². The van der Waals surface area contributed by atoms with Gasteiger partial charge in [0.2, 0.25) is 0 Å². The van der Waals surface area contributed by atoms with Gasteiger partial charge in [0.05, 0.1) is 6.61 Å². The summed E-state index contributed by atoms with van der Waals surface area (Å²) in [6.45, 7) is 0.826. The molecule has 1 aliphatic rings. The van der Waals surface area contributed by atoms with Crippen LogP contribution < -0.4 is 5.32 Å². The second kappa shape index (κ2) is 9.42. The molecule has 152 valence electrons. The molecule has 1 amide bonds. The van der Waals surface area contributed by atoms with Gasteiger partial charge in [-0.3, -0.25) is 0 Å². The van der Waals surface area contributed by atoms with Crippen molar-refractivity contribution >= 4 is 12.2 Å². The van der Waals surface area contributed by atoms with Gasteiger partial charge in [-0.1, -0.05) is 84.9 Å². The largest absolute Gasteiger partial charge is 0.449 e. The van der Waals surface area contributed by atoms with Crippen molar-refractivity contribution in [3.05, 3.63) is 101 Å². The van der Waals surface area contributed by atoms with E-state index in [9.17, 15) is 9.90 Å². The van der Waals surface area contributed by atoms with Crippen LogP contribution in [0.2, 0.25) is 0 Å². The third-order valence-electron chi connectivity index (χ3n) is 5.45. The number of amides is 1. The zero-order chi connectivity index (χ0) is 20.8. The van der Waals surface area contributed by atoms with Crippen LogP contribution in [0.5, 0.6) is 0 Å². The van der Waals surface area contributed by atoms with Crippen LogP contribution in [-0.2, 0) is 11.3 Å². The number of nitrogens with one attached hydrogen (secondary N) is 1. The average Bonchev–Trinajstić information content (AvgIpc) is 3.11. The molecule has 3 aromatic rings. The molecule has 0 bridgehead atoms. The Morgan fingerprint density at radius 3 is 2.27 bits per heavy atom. The Bertz CT molecular complexity index is 1010. The molecule has 3 aromatic carbocycles. The van der Waals surface area contributed by atoms with E-state index in [1.165, 1.54) is 22.3 Å². The highest BCUT2D eigenvalue weighted by molar-refractivity contribution is 5.79. The van der Waals surface area contributed by atoms with Crippen molar-refractivity contribution in [1.29, 1.82) is 0 Å². The number of hydrogen-bond donors (Lipinski definition) is 2. The fraction of sp³-hybridized carbons (Fsp3) is 0.192. The van der Waals surface area contributed by atoms with Gasteiger partial charge >= 0.3 is 6.09 Å². The number of carbonyl (C=O) groups excluding carboxylic acids is 1. The van der Waals surface area contributed by atoms with E-state index in [0.717, 1.165) is 11.1 Å². The van der Waals surface area contributed by atoms with Gasteiger partial charge in [0, 0.05) is 12.5 Å². The van der Waals surface area contributed by atoms with Crippen molar-refractivity contribution in [2.24, 2.45) is 0 Å². The summed E-state index contributed by atoms with van der Waals surface area (Å²) >= 11 is 0. The van der Waals surface area contributed by atoms with Gasteiger partial charge in [-0.15, -0.1) is 0 Å². The van der Waals surface area contributed by atoms with Crippen LogP contribution >= 0.6 is 0 Å². The first-order valence-corrected chi connectivity index (χ1v) is 10.2. The third-order valence-corrected chi connectivity index (χ3v) is 5.45. The lowest BCUT2D eigenvalue weighted by Gasteiger charge is -2.14. The van der Waals surface area contributed by atoms with Gasteiger partial charge in [-0.25, -0.2) is 4.79 Å². The lowest BCUT2D eigenvalue weighted by Crippen LogP contribution is -2.26. The molecule has 0 saturated heterocycles. The summed E-state index contributed by atoms with van der Waals surface area (Å²) in [7, 11) is 0. The van der Waals surface area contributed by atoms with Gasteiger partial charge in [0.25, 0.3) is 0 Å². The summed E-state index contributed by atoms with van der Waals surface area (Å²) in [6, 6.07) is 24.3. The first kappa shape index (κ1) is 19.9. The lowest BCUT2D eigenvalue weighted by atomic mass is 9.98. The highest BCUT2D eigenvalue weighted by atomic mass is 16.5. The van der Waals surface area contributed by atoms with Crippen molar-refractivity contribution in [2.45, 2.75) is 18.9 Å². The summed E-state index contributed by atoms with van der Waals surface area (Å²) in [4.78, 5) is 12.2. The number of aliphatic hydroxyl groups excluding tert-OH is 1. The van der Waals surface area contributed by atoms with Crippen LogP contribution in [0.1, 0.15) is 34.6 Å². The number of hydrogen-bond acceptors (Lipinski definition) is 3. The Morgan fingerprint density at radius 1 is 0.933 bits per heavy atom. The first-order chi connectivity index (χ1) is 14.8. The molecule has 0 spiro atoms. The number of rotatable bonds is 7. The van der Waals surface area contributed by atoms with Crippen LogP contribution in [0, 0.1) is 0 Å². The lowest BCUT2D eigenvalue weighted by molar-refractivity contribution is 0.143. The number of benzene rings is 3. The predicted molar refractivity (Wildman–Crippen MR) is 119 cm³/mol. The van der Waals surface area contributed by atoms with Crippen molar-refractivity contribution in [3.63, 3.8) is 0 Å². The minimum atomic E-state index is -0.402. The summed E-state index contributed by atoms with van der Waals surface area (Å²) in [5.41, 5.74) is 6.72. The molecule has 4 rings (SSSR count). The molecular formula is C26H25NO3. The van der Waals surface area contributed by atoms with E-state index >= 15 is 0 Å². The SMILES string of the molecule is O=C(NCCC=Cc1ccccc1CO)OCC1c2ccccc2-c2ccccc21. The highest BCUT2D eigenvalue weighted by Crippen LogP contribution is 2.44. The molecule has 4 nitrogen and oxygen atoms in total. The van der Waals surface area contributed by atoms with Crippen LogP contribution in [0.3, 0.4) is 0 Å². The number of carbonyl (C=O) groups is 1. The normalized spacial score (nSPS) is 12.6. The number of aliphatic hydroxyl groups is 1. The van der Waals surface area contributed by atoms with Crippen LogP contribution in [0.15, 0.2) is 78.9 Å². The first-order valence-electron chi connectivity index (χ1n) is 10.2. The zero-order valence-electron chi connectivity index (χ0n) is 16.8. The fourth-order valence-electron chi connectivity index (χ4n) is 3.96. The Hall–Kier alpha value is -3.37. The average molecular weight is 399 g/mol. The highest BCUT2D eigenvalue weighted by Gasteiger charge is 2.28. The number of alkyl carbamates (subject to hydrolysis) is 1. The molecule has 2 N–H and O–H groups in total. The summed E-state index contributed by atoms with van der Waals surface area (Å²) in [5.74, 6) is 0.0676. The topological polar surface area (TPSA) is 58.6 Å². The molecule has 0 fully saturated rings. The van der Waals surface area contributed by atoms with E-state index in [0.29, 0.717) is 19.6 Å². The molecule has 0 heterocycles. The van der Waals surface area contributed by atoms with Crippen LogP contribution in [-0.4, -0.2) is 24.4 Å². The van der Waals surface area contributed by atoms with E-state index in [1.807, 2.05) is 60.7 Å². The molecule has 0 aromatic heterocycles. The quantitative estimate of drug-likeness (QED) is 0.542. The monoisotopic (exact) mass is 399 g/mol. The van der Waals surface area contributed by atoms with Gasteiger partial charge in [-0.05, 0) is 39.8 Å². The summed E-state index contributed by atoms with van der Waals surface area (Å²) in [6.07, 6.45) is 4.23. The maximum absolute atomic E-state index is 12.2. The minimum absolute atomic E-state index is 0.0124. The molecule has 4 heteroatoms. The molecule has 1 aliphatic carbocycles. The van der Waals surface area contributed by atoms with Crippen molar-refractivity contribution in [1.82, 2.24) is 5.32 Å². The maximum atomic E-state index is 12.2. The number of ether oxygens (including phenoxy) is 1. The molecule has 0 saturated carbocycles. The molecule has 30 heavy (non-hydrogen) atoms. The molecule has 0 radical (unpaired) electrons. The van der Waals surface area contributed by atoms with E-state index in [2.05, 4.69) is 29.6 Å². The molecule has 0 aliphatic heterocycles. The second-order valence-electron chi connectivity index (χ2n) is 7.30. The molecule has 0 atom stereocenters. The van der Waals surface area contributed by atoms with Gasteiger partial charge in [0.1, 0.15) is 6.61 Å². The Labute approximate surface area is 176 Å². The van der Waals surface area contributed by atoms with E-state index in [-0.39, 0.29) is 12.5 Å². The zero-order valence-corrected chi connectivity index (χ0v) is 16.8. The van der Waals surface area contributed by atoms with E-state index in [1.54, 1.807) is 0 Å². The summed E-state index contributed by atoms with van der Waals surface area (Å²) < 4.78 is 5.53. The molecule has 0 unspecified atom stereocenters. The third kappa shape index (κ3) is 4.29. The Morgan fingerprint density at radius 2 is 1.57 bits per heavy atom. The smallest absolute Gasteiger partial charge is 0.407 e. The van der Waals surface area contributed by atoms with Crippen molar-refractivity contribution < 1.29 is 14.6 Å². The van der Waals surface area contributed by atoms with E-state index < -0.39 is 6.09 Å². The summed E-state index contributed by atoms with van der Waals surface area (Å²) in [5, 5.41) is 12.2. The van der Waals surface area contributed by atoms with E-state index in [4.69, 9.17) is 4.74 Å². The fourth-order valence-corrected chi connectivity index (χ4v) is 3.96. The second-order valence-corrected chi connectivity index (χ2v) is 7.30. The van der Waals surface area contributed by atoms with Crippen LogP contribution in [0.25, 0.3) is 17.2 Å². The van der Waals surface area contributed by atoms with Gasteiger partial charge < -0.3 is 15.2 Å². The predicted octanol–water partition coefficient (Wildman–Crippen LogP) is 5.12. The van der Waals surface area contributed by atoms with Crippen LogP contribution in [0.4, 0.5) is 4.79 Å². The standard InChI is InChI=1S/C26H25NO3/c28-17-20-11-2-1-9-19(20)10-7-8-16-27-26(29)30-18-25-23-14-5-3-12-21(23)22-13-4-6-15-24(22)25/h1-7,9-15,25,28H,8,16-18H2,(H,27,29). The maximum Gasteiger partial charge on any atom is 0.407 e. The molecular weight excluding hydrogens is 374 g/mol. The van der Waals surface area contributed by atoms with Crippen molar-refractivity contribution in [2.75, 3.05) is 13.2 Å². The van der Waals surface area contributed by atoms with Crippen molar-refractivity contribution in [3.8, 4) is 11.1 Å². The van der Waals surface area contributed by atoms with Gasteiger partial charge in [0.15, 0.2) is 0 Å². The number of fused-ring (bicyclic) bond motifs is 3. The Kier molecular flexibility index (Phi) is 6.26. The Balaban J connectivity index is 1.28. The minimum Gasteiger partial charge on any atom is -0.449 e.